The first-order valence-electron chi connectivity index (χ1n) is 8.22. The number of carbonyl (C=O) groups excluding carboxylic acids is 1. The quantitative estimate of drug-likeness (QED) is 0.798. The molecule has 0 aromatic heterocycles. The van der Waals surface area contributed by atoms with Crippen LogP contribution in [0, 0.1) is 12.8 Å². The maximum atomic E-state index is 12.2. The number of carbonyl (C=O) groups is 1. The standard InChI is InChI=1S/C18H25NO2/c1-14-7-2-3-9-16(14)18(20)21-13-15-8-6-12-19-11-5-4-10-17(15)19/h2-3,7,9,15,17H,4-6,8,10-13H2,1H3/t15-,17-/m1/s1. The predicted octanol–water partition coefficient (Wildman–Crippen LogP) is 3.42. The van der Waals surface area contributed by atoms with Crippen molar-refractivity contribution in [2.45, 2.75) is 45.1 Å². The van der Waals surface area contributed by atoms with Crippen LogP contribution in [0.5, 0.6) is 0 Å². The summed E-state index contributed by atoms with van der Waals surface area (Å²) < 4.78 is 5.63. The second-order valence-electron chi connectivity index (χ2n) is 6.41. The van der Waals surface area contributed by atoms with Crippen molar-refractivity contribution in [2.75, 3.05) is 19.7 Å². The van der Waals surface area contributed by atoms with Gasteiger partial charge in [-0.05, 0) is 57.3 Å². The van der Waals surface area contributed by atoms with Gasteiger partial charge in [0.1, 0.15) is 0 Å². The van der Waals surface area contributed by atoms with E-state index in [0.717, 1.165) is 5.56 Å². The van der Waals surface area contributed by atoms with Crippen molar-refractivity contribution in [3.05, 3.63) is 35.4 Å². The summed E-state index contributed by atoms with van der Waals surface area (Å²) in [7, 11) is 0. The summed E-state index contributed by atoms with van der Waals surface area (Å²) in [4.78, 5) is 14.8. The van der Waals surface area contributed by atoms with Crippen LogP contribution in [0.3, 0.4) is 0 Å². The van der Waals surface area contributed by atoms with Gasteiger partial charge in [-0.2, -0.15) is 0 Å². The molecule has 0 bridgehead atoms. The summed E-state index contributed by atoms with van der Waals surface area (Å²) in [5.74, 6) is 0.355. The first kappa shape index (κ1) is 14.6. The van der Waals surface area contributed by atoms with Crippen LogP contribution in [0.1, 0.15) is 48.0 Å². The summed E-state index contributed by atoms with van der Waals surface area (Å²) in [6, 6.07) is 8.29. The van der Waals surface area contributed by atoms with Crippen molar-refractivity contribution in [1.29, 1.82) is 0 Å². The maximum absolute atomic E-state index is 12.2. The molecule has 1 aromatic rings. The molecule has 0 amide bonds. The summed E-state index contributed by atoms with van der Waals surface area (Å²) in [5.41, 5.74) is 1.69. The van der Waals surface area contributed by atoms with Crippen LogP contribution in [0.2, 0.25) is 0 Å². The van der Waals surface area contributed by atoms with Gasteiger partial charge in [0.25, 0.3) is 0 Å². The van der Waals surface area contributed by atoms with Gasteiger partial charge in [0, 0.05) is 12.0 Å². The van der Waals surface area contributed by atoms with E-state index >= 15 is 0 Å². The fourth-order valence-corrected chi connectivity index (χ4v) is 3.83. The smallest absolute Gasteiger partial charge is 0.338 e. The number of benzene rings is 1. The lowest BCUT2D eigenvalue weighted by molar-refractivity contribution is 0.00734. The molecular formula is C18H25NO2. The molecule has 0 aliphatic carbocycles. The number of piperidine rings is 2. The number of nitrogens with zero attached hydrogens (tertiary/aromatic N) is 1. The zero-order valence-corrected chi connectivity index (χ0v) is 12.9. The third-order valence-electron chi connectivity index (χ3n) is 5.02. The van der Waals surface area contributed by atoms with Crippen molar-refractivity contribution < 1.29 is 9.53 Å². The molecule has 2 aliphatic heterocycles. The predicted molar refractivity (Wildman–Crippen MR) is 83.4 cm³/mol. The van der Waals surface area contributed by atoms with Crippen LogP contribution in [-0.2, 0) is 4.74 Å². The summed E-state index contributed by atoms with van der Waals surface area (Å²) in [6.07, 6.45) is 6.35. The summed E-state index contributed by atoms with van der Waals surface area (Å²) >= 11 is 0. The van der Waals surface area contributed by atoms with Gasteiger partial charge < -0.3 is 4.74 Å². The van der Waals surface area contributed by atoms with Crippen LogP contribution in [0.25, 0.3) is 0 Å². The van der Waals surface area contributed by atoms with Crippen molar-refractivity contribution in [3.8, 4) is 0 Å². The monoisotopic (exact) mass is 287 g/mol. The SMILES string of the molecule is Cc1ccccc1C(=O)OC[C@H]1CCCN2CCCC[C@H]12. The Balaban J connectivity index is 1.59. The topological polar surface area (TPSA) is 29.5 Å². The molecule has 21 heavy (non-hydrogen) atoms. The van der Waals surface area contributed by atoms with Gasteiger partial charge in [0.2, 0.25) is 0 Å². The zero-order valence-electron chi connectivity index (χ0n) is 12.9. The molecule has 1 aromatic carbocycles. The Kier molecular flexibility index (Phi) is 4.59. The average molecular weight is 287 g/mol. The highest BCUT2D eigenvalue weighted by Crippen LogP contribution is 2.31. The van der Waals surface area contributed by atoms with Crippen LogP contribution in [-0.4, -0.2) is 36.6 Å². The van der Waals surface area contributed by atoms with Crippen LogP contribution in [0.4, 0.5) is 0 Å². The molecule has 0 radical (unpaired) electrons. The van der Waals surface area contributed by atoms with Gasteiger partial charge in [-0.15, -0.1) is 0 Å². The van der Waals surface area contributed by atoms with Gasteiger partial charge in [-0.1, -0.05) is 24.6 Å². The Bertz CT molecular complexity index is 498. The highest BCUT2D eigenvalue weighted by molar-refractivity contribution is 5.90. The van der Waals surface area contributed by atoms with Crippen LogP contribution < -0.4 is 0 Å². The summed E-state index contributed by atoms with van der Waals surface area (Å²) in [5, 5.41) is 0. The normalized spacial score (nSPS) is 26.1. The zero-order chi connectivity index (χ0) is 14.7. The Morgan fingerprint density at radius 2 is 2.00 bits per heavy atom. The van der Waals surface area contributed by atoms with E-state index in [1.54, 1.807) is 0 Å². The molecular weight excluding hydrogens is 262 g/mol. The van der Waals surface area contributed by atoms with E-state index in [1.165, 1.54) is 45.2 Å². The minimum atomic E-state index is -0.166. The van der Waals surface area contributed by atoms with E-state index < -0.39 is 0 Å². The molecule has 0 spiro atoms. The van der Waals surface area contributed by atoms with E-state index in [4.69, 9.17) is 4.74 Å². The second kappa shape index (κ2) is 6.61. The molecule has 3 nitrogen and oxygen atoms in total. The Labute approximate surface area is 127 Å². The second-order valence-corrected chi connectivity index (χ2v) is 6.41. The lowest BCUT2D eigenvalue weighted by Crippen LogP contribution is -2.49. The van der Waals surface area contributed by atoms with E-state index in [1.807, 2.05) is 31.2 Å². The minimum Gasteiger partial charge on any atom is -0.462 e. The third kappa shape index (κ3) is 3.29. The fourth-order valence-electron chi connectivity index (χ4n) is 3.83. The number of hydrogen-bond acceptors (Lipinski definition) is 3. The molecule has 3 rings (SSSR count). The van der Waals surface area contributed by atoms with Gasteiger partial charge in [0.15, 0.2) is 0 Å². The van der Waals surface area contributed by atoms with Gasteiger partial charge in [-0.25, -0.2) is 4.79 Å². The first-order chi connectivity index (χ1) is 10.3. The Morgan fingerprint density at radius 1 is 1.19 bits per heavy atom. The van der Waals surface area contributed by atoms with E-state index in [9.17, 15) is 4.79 Å². The lowest BCUT2D eigenvalue weighted by Gasteiger charge is -2.44. The molecule has 2 saturated heterocycles. The first-order valence-corrected chi connectivity index (χ1v) is 8.22. The van der Waals surface area contributed by atoms with Crippen LogP contribution >= 0.6 is 0 Å². The molecule has 0 N–H and O–H groups in total. The average Bonchev–Trinajstić information content (AvgIpc) is 2.53. The minimum absolute atomic E-state index is 0.166. The molecule has 0 saturated carbocycles. The van der Waals surface area contributed by atoms with Crippen molar-refractivity contribution in [1.82, 2.24) is 4.90 Å². The van der Waals surface area contributed by atoms with Crippen molar-refractivity contribution in [2.24, 2.45) is 5.92 Å². The Hall–Kier alpha value is -1.35. The van der Waals surface area contributed by atoms with E-state index in [0.29, 0.717) is 24.1 Å². The largest absolute Gasteiger partial charge is 0.462 e. The highest BCUT2D eigenvalue weighted by Gasteiger charge is 2.33. The fraction of sp³-hybridized carbons (Fsp3) is 0.611. The van der Waals surface area contributed by atoms with Crippen molar-refractivity contribution in [3.63, 3.8) is 0 Å². The number of hydrogen-bond donors (Lipinski definition) is 0. The molecule has 2 heterocycles. The van der Waals surface area contributed by atoms with Crippen LogP contribution in [0.15, 0.2) is 24.3 Å². The van der Waals surface area contributed by atoms with Gasteiger partial charge in [-0.3, -0.25) is 4.90 Å². The number of ether oxygens (including phenoxy) is 1. The number of aryl methyl sites for hydroxylation is 1. The molecule has 114 valence electrons. The molecule has 2 aliphatic rings. The lowest BCUT2D eigenvalue weighted by atomic mass is 9.84. The van der Waals surface area contributed by atoms with Crippen molar-refractivity contribution >= 4 is 5.97 Å². The third-order valence-corrected chi connectivity index (χ3v) is 5.02. The Morgan fingerprint density at radius 3 is 2.86 bits per heavy atom. The van der Waals surface area contributed by atoms with Gasteiger partial charge >= 0.3 is 5.97 Å². The number of fused-ring (bicyclic) bond motifs is 1. The number of rotatable bonds is 3. The maximum Gasteiger partial charge on any atom is 0.338 e. The molecule has 3 heteroatoms. The number of esters is 1. The molecule has 2 atom stereocenters. The van der Waals surface area contributed by atoms with E-state index in [2.05, 4.69) is 4.90 Å². The highest BCUT2D eigenvalue weighted by atomic mass is 16.5. The molecule has 0 unspecified atom stereocenters. The molecule has 2 fully saturated rings. The van der Waals surface area contributed by atoms with Gasteiger partial charge in [0.05, 0.1) is 12.2 Å². The van der Waals surface area contributed by atoms with E-state index in [-0.39, 0.29) is 5.97 Å². The summed E-state index contributed by atoms with van der Waals surface area (Å²) in [6.45, 7) is 4.99.